The number of para-hydroxylation sites is 1. The van der Waals surface area contributed by atoms with Gasteiger partial charge in [-0.15, -0.1) is 0 Å². The van der Waals surface area contributed by atoms with Gasteiger partial charge in [-0.05, 0) is 12.1 Å². The van der Waals surface area contributed by atoms with Crippen LogP contribution in [0.1, 0.15) is 35.9 Å². The Morgan fingerprint density at radius 3 is 2.56 bits per heavy atom. The van der Waals surface area contributed by atoms with Gasteiger partial charge in [0.25, 0.3) is 0 Å². The summed E-state index contributed by atoms with van der Waals surface area (Å²) in [5, 5.41) is 11.1. The Hall–Kier alpha value is -2.04. The van der Waals surface area contributed by atoms with E-state index in [0.29, 0.717) is 5.52 Å². The molecule has 0 spiro atoms. The molecule has 0 aliphatic heterocycles. The zero-order valence-corrected chi connectivity index (χ0v) is 11.0. The van der Waals surface area contributed by atoms with Gasteiger partial charge in [0.05, 0.1) is 11.1 Å². The number of hydrogen-bond donors (Lipinski definition) is 1. The lowest BCUT2D eigenvalue weighted by molar-refractivity contribution is 0.0699. The van der Waals surface area contributed by atoms with Gasteiger partial charge < -0.3 is 10.1 Å². The largest absolute Gasteiger partial charge is 0.478 e. The van der Waals surface area contributed by atoms with Crippen LogP contribution < -0.4 is 5.01 Å². The van der Waals surface area contributed by atoms with Crippen LogP contribution in [0.4, 0.5) is 0 Å². The van der Waals surface area contributed by atoms with E-state index in [0.717, 1.165) is 11.3 Å². The first-order valence-electron chi connectivity index (χ1n) is 5.85. The van der Waals surface area contributed by atoms with Gasteiger partial charge in [-0.2, -0.15) is 0 Å². The van der Waals surface area contributed by atoms with Crippen molar-refractivity contribution in [2.45, 2.75) is 19.8 Å². The molecule has 1 N–H and O–H groups in total. The van der Waals surface area contributed by atoms with Crippen LogP contribution in [0, 0.1) is 0 Å². The molecule has 0 fully saturated rings. The monoisotopic (exact) mass is 247 g/mol. The highest BCUT2D eigenvalue weighted by atomic mass is 16.4. The first-order valence-corrected chi connectivity index (χ1v) is 5.85. The number of carbonyl (C=O) groups is 1. The van der Waals surface area contributed by atoms with Crippen molar-refractivity contribution in [3.63, 3.8) is 0 Å². The number of benzene rings is 1. The van der Waals surface area contributed by atoms with E-state index < -0.39 is 5.97 Å². The van der Waals surface area contributed by atoms with Crippen molar-refractivity contribution in [2.75, 3.05) is 19.1 Å². The van der Waals surface area contributed by atoms with Crippen LogP contribution in [0.2, 0.25) is 0 Å². The minimum absolute atomic E-state index is 0.224. The van der Waals surface area contributed by atoms with Crippen LogP contribution in [0.25, 0.3) is 11.0 Å². The molecule has 0 radical (unpaired) electrons. The number of imidazole rings is 1. The van der Waals surface area contributed by atoms with E-state index in [1.807, 2.05) is 43.7 Å². The molecule has 1 aromatic carbocycles. The molecule has 0 amide bonds. The summed E-state index contributed by atoms with van der Waals surface area (Å²) < 4.78 is 1.95. The van der Waals surface area contributed by atoms with Gasteiger partial charge in [0.2, 0.25) is 0 Å². The Morgan fingerprint density at radius 2 is 2.06 bits per heavy atom. The normalized spacial score (nSPS) is 11.2. The number of carboxylic acid groups (broad SMARTS) is 1. The first-order chi connectivity index (χ1) is 8.43. The molecular weight excluding hydrogens is 230 g/mol. The molecule has 0 saturated heterocycles. The third-order valence-electron chi connectivity index (χ3n) is 2.83. The number of fused-ring (bicyclic) bond motifs is 1. The summed E-state index contributed by atoms with van der Waals surface area (Å²) in [5.74, 6) is 0.143. The molecule has 2 aromatic rings. The van der Waals surface area contributed by atoms with E-state index >= 15 is 0 Å². The van der Waals surface area contributed by atoms with Crippen molar-refractivity contribution in [1.29, 1.82) is 0 Å². The smallest absolute Gasteiger partial charge is 0.337 e. The molecule has 1 heterocycles. The second-order valence-corrected chi connectivity index (χ2v) is 4.76. The van der Waals surface area contributed by atoms with Gasteiger partial charge >= 0.3 is 5.97 Å². The summed E-state index contributed by atoms with van der Waals surface area (Å²) in [6, 6.07) is 5.22. The van der Waals surface area contributed by atoms with E-state index in [-0.39, 0.29) is 11.5 Å². The lowest BCUT2D eigenvalue weighted by Gasteiger charge is -2.19. The fourth-order valence-corrected chi connectivity index (χ4v) is 2.07. The predicted octanol–water partition coefficient (Wildman–Crippen LogP) is 2.06. The molecule has 18 heavy (non-hydrogen) atoms. The van der Waals surface area contributed by atoms with Gasteiger partial charge in [0.15, 0.2) is 0 Å². The van der Waals surface area contributed by atoms with Crippen LogP contribution in [-0.2, 0) is 0 Å². The van der Waals surface area contributed by atoms with Crippen molar-refractivity contribution in [3.05, 3.63) is 29.6 Å². The fourth-order valence-electron chi connectivity index (χ4n) is 2.07. The van der Waals surface area contributed by atoms with Crippen molar-refractivity contribution in [2.24, 2.45) is 0 Å². The lowest BCUT2D eigenvalue weighted by Crippen LogP contribution is -2.27. The second kappa shape index (κ2) is 4.33. The summed E-state index contributed by atoms with van der Waals surface area (Å²) in [6.45, 7) is 4.09. The minimum atomic E-state index is -0.945. The summed E-state index contributed by atoms with van der Waals surface area (Å²) in [5.41, 5.74) is 1.61. The lowest BCUT2D eigenvalue weighted by atomic mass is 10.2. The standard InChI is InChI=1S/C13H17N3O2/c1-8(2)12-14-11-9(13(17)18)6-5-7-10(11)16(12)15(3)4/h5-8H,1-4H3,(H,17,18). The Labute approximate surface area is 106 Å². The number of aromatic carboxylic acids is 1. The Bertz CT molecular complexity index is 600. The molecule has 0 atom stereocenters. The third kappa shape index (κ3) is 1.81. The van der Waals surface area contributed by atoms with E-state index in [4.69, 9.17) is 0 Å². The van der Waals surface area contributed by atoms with Gasteiger partial charge in [-0.1, -0.05) is 19.9 Å². The molecule has 96 valence electrons. The van der Waals surface area contributed by atoms with Crippen molar-refractivity contribution >= 4 is 17.0 Å². The number of aromatic nitrogens is 2. The van der Waals surface area contributed by atoms with Gasteiger partial charge in [0.1, 0.15) is 11.3 Å². The number of hydrogen-bond acceptors (Lipinski definition) is 3. The van der Waals surface area contributed by atoms with Crippen LogP contribution in [-0.4, -0.2) is 34.8 Å². The molecule has 2 rings (SSSR count). The molecule has 0 saturated carbocycles. The Kier molecular flexibility index (Phi) is 2.98. The zero-order chi connectivity index (χ0) is 13.4. The van der Waals surface area contributed by atoms with Crippen LogP contribution in [0.3, 0.4) is 0 Å². The van der Waals surface area contributed by atoms with Crippen molar-refractivity contribution < 1.29 is 9.90 Å². The maximum absolute atomic E-state index is 11.2. The van der Waals surface area contributed by atoms with Crippen molar-refractivity contribution in [3.8, 4) is 0 Å². The van der Waals surface area contributed by atoms with Gasteiger partial charge in [0, 0.05) is 20.0 Å². The fraction of sp³-hybridized carbons (Fsp3) is 0.385. The highest BCUT2D eigenvalue weighted by Crippen LogP contribution is 2.24. The van der Waals surface area contributed by atoms with E-state index in [2.05, 4.69) is 4.98 Å². The Morgan fingerprint density at radius 1 is 1.39 bits per heavy atom. The maximum atomic E-state index is 11.2. The molecule has 1 aromatic heterocycles. The average molecular weight is 247 g/mol. The second-order valence-electron chi connectivity index (χ2n) is 4.76. The molecule has 0 unspecified atom stereocenters. The first kappa shape index (κ1) is 12.4. The molecular formula is C13H17N3O2. The highest BCUT2D eigenvalue weighted by Gasteiger charge is 2.19. The van der Waals surface area contributed by atoms with Gasteiger partial charge in [-0.25, -0.2) is 14.5 Å². The molecule has 5 heteroatoms. The Balaban J connectivity index is 2.84. The average Bonchev–Trinajstić information content (AvgIpc) is 2.67. The van der Waals surface area contributed by atoms with Crippen molar-refractivity contribution in [1.82, 2.24) is 9.66 Å². The quantitative estimate of drug-likeness (QED) is 0.902. The zero-order valence-electron chi connectivity index (χ0n) is 11.0. The number of carboxylic acids is 1. The summed E-state index contributed by atoms with van der Waals surface area (Å²) in [4.78, 5) is 15.7. The molecule has 5 nitrogen and oxygen atoms in total. The van der Waals surface area contributed by atoms with Gasteiger partial charge in [-0.3, -0.25) is 0 Å². The SMILES string of the molecule is CC(C)c1nc2c(C(=O)O)cccc2n1N(C)C. The van der Waals surface area contributed by atoms with E-state index in [1.165, 1.54) is 0 Å². The topological polar surface area (TPSA) is 58.4 Å². The summed E-state index contributed by atoms with van der Waals surface area (Å²) in [6.07, 6.45) is 0. The molecule has 0 aliphatic rings. The van der Waals surface area contributed by atoms with E-state index in [1.54, 1.807) is 12.1 Å². The highest BCUT2D eigenvalue weighted by molar-refractivity contribution is 6.01. The van der Waals surface area contributed by atoms with E-state index in [9.17, 15) is 9.90 Å². The maximum Gasteiger partial charge on any atom is 0.337 e. The third-order valence-corrected chi connectivity index (χ3v) is 2.83. The summed E-state index contributed by atoms with van der Waals surface area (Å²) in [7, 11) is 3.83. The summed E-state index contributed by atoms with van der Waals surface area (Å²) >= 11 is 0. The number of rotatable bonds is 3. The molecule has 0 bridgehead atoms. The number of nitrogens with zero attached hydrogens (tertiary/aromatic N) is 3. The van der Waals surface area contributed by atoms with Crippen LogP contribution >= 0.6 is 0 Å². The van der Waals surface area contributed by atoms with Crippen LogP contribution in [0.15, 0.2) is 18.2 Å². The predicted molar refractivity (Wildman–Crippen MR) is 70.8 cm³/mol. The minimum Gasteiger partial charge on any atom is -0.478 e. The van der Waals surface area contributed by atoms with Crippen LogP contribution in [0.5, 0.6) is 0 Å². The molecule has 0 aliphatic carbocycles.